The third kappa shape index (κ3) is 4.82. The molecule has 0 atom stereocenters. The van der Waals surface area contributed by atoms with E-state index >= 15 is 0 Å². The third-order valence-corrected chi connectivity index (χ3v) is 4.40. The fourth-order valence-corrected chi connectivity index (χ4v) is 2.48. The summed E-state index contributed by atoms with van der Waals surface area (Å²) in [6.45, 7) is 3.50. The van der Waals surface area contributed by atoms with Crippen molar-refractivity contribution in [2.24, 2.45) is 0 Å². The first-order chi connectivity index (χ1) is 10.8. The van der Waals surface area contributed by atoms with Gasteiger partial charge in [-0.2, -0.15) is 4.98 Å². The van der Waals surface area contributed by atoms with E-state index in [2.05, 4.69) is 20.0 Å². The molecule has 124 valence electrons. The summed E-state index contributed by atoms with van der Waals surface area (Å²) in [5, 5.41) is 3.12. The van der Waals surface area contributed by atoms with Crippen molar-refractivity contribution in [3.8, 4) is 0 Å². The highest BCUT2D eigenvalue weighted by Gasteiger charge is 2.07. The Morgan fingerprint density at radius 1 is 1.09 bits per heavy atom. The van der Waals surface area contributed by atoms with Crippen LogP contribution in [0.5, 0.6) is 0 Å². The van der Waals surface area contributed by atoms with Crippen molar-refractivity contribution in [2.75, 3.05) is 34.8 Å². The van der Waals surface area contributed by atoms with Crippen LogP contribution in [0.15, 0.2) is 30.3 Å². The minimum absolute atomic E-state index is 0.0391. The van der Waals surface area contributed by atoms with Gasteiger partial charge < -0.3 is 10.2 Å². The van der Waals surface area contributed by atoms with Crippen LogP contribution in [0, 0.1) is 6.92 Å². The fraction of sp³-hybridized carbons (Fsp3) is 0.333. The molecule has 0 aliphatic carbocycles. The summed E-state index contributed by atoms with van der Waals surface area (Å²) < 4.78 is 25.6. The summed E-state index contributed by atoms with van der Waals surface area (Å²) in [6, 6.07) is 8.83. The summed E-state index contributed by atoms with van der Waals surface area (Å²) in [5.74, 6) is 1.35. The summed E-state index contributed by atoms with van der Waals surface area (Å²) in [6.07, 6.45) is 0. The average molecular weight is 335 g/mol. The van der Waals surface area contributed by atoms with Crippen molar-refractivity contribution in [2.45, 2.75) is 13.8 Å². The van der Waals surface area contributed by atoms with E-state index in [0.717, 1.165) is 17.2 Å². The Morgan fingerprint density at radius 2 is 1.70 bits per heavy atom. The van der Waals surface area contributed by atoms with Gasteiger partial charge in [-0.05, 0) is 38.1 Å². The van der Waals surface area contributed by atoms with Gasteiger partial charge in [-0.3, -0.25) is 4.72 Å². The lowest BCUT2D eigenvalue weighted by atomic mass is 10.3. The Hall–Kier alpha value is -2.35. The number of rotatable bonds is 6. The molecule has 2 rings (SSSR count). The highest BCUT2D eigenvalue weighted by atomic mass is 32.2. The molecule has 0 aliphatic rings. The minimum atomic E-state index is -3.27. The number of benzene rings is 1. The number of anilines is 4. The van der Waals surface area contributed by atoms with Crippen LogP contribution in [-0.4, -0.2) is 38.2 Å². The molecule has 0 spiro atoms. The van der Waals surface area contributed by atoms with Gasteiger partial charge >= 0.3 is 0 Å². The van der Waals surface area contributed by atoms with Gasteiger partial charge in [-0.1, -0.05) is 0 Å². The monoisotopic (exact) mass is 335 g/mol. The molecule has 1 aromatic carbocycles. The molecule has 0 bridgehead atoms. The summed E-state index contributed by atoms with van der Waals surface area (Å²) >= 11 is 0. The van der Waals surface area contributed by atoms with Crippen molar-refractivity contribution in [3.05, 3.63) is 36.0 Å². The van der Waals surface area contributed by atoms with Gasteiger partial charge in [0.05, 0.1) is 5.75 Å². The van der Waals surface area contributed by atoms with E-state index < -0.39 is 10.0 Å². The van der Waals surface area contributed by atoms with E-state index in [4.69, 9.17) is 0 Å². The number of aromatic nitrogens is 2. The maximum atomic E-state index is 11.5. The highest BCUT2D eigenvalue weighted by molar-refractivity contribution is 7.92. The van der Waals surface area contributed by atoms with Crippen LogP contribution >= 0.6 is 0 Å². The lowest BCUT2D eigenvalue weighted by molar-refractivity contribution is 0.602. The quantitative estimate of drug-likeness (QED) is 0.842. The fourth-order valence-electron chi connectivity index (χ4n) is 1.84. The van der Waals surface area contributed by atoms with Gasteiger partial charge in [0.15, 0.2) is 0 Å². The molecule has 8 heteroatoms. The van der Waals surface area contributed by atoms with E-state index in [1.54, 1.807) is 31.2 Å². The lowest BCUT2D eigenvalue weighted by Crippen LogP contribution is -2.14. The molecule has 7 nitrogen and oxygen atoms in total. The minimum Gasteiger partial charge on any atom is -0.363 e. The van der Waals surface area contributed by atoms with Gasteiger partial charge in [0.2, 0.25) is 16.0 Å². The van der Waals surface area contributed by atoms with Crippen LogP contribution in [-0.2, 0) is 10.0 Å². The number of hydrogen-bond donors (Lipinski definition) is 2. The van der Waals surface area contributed by atoms with Gasteiger partial charge in [-0.25, -0.2) is 13.4 Å². The second kappa shape index (κ2) is 6.82. The summed E-state index contributed by atoms with van der Waals surface area (Å²) in [5.41, 5.74) is 2.16. The molecular weight excluding hydrogens is 314 g/mol. The Kier molecular flexibility index (Phi) is 5.05. The molecule has 1 aromatic heterocycles. The Morgan fingerprint density at radius 3 is 2.26 bits per heavy atom. The third-order valence-electron chi connectivity index (χ3n) is 3.09. The zero-order chi connectivity index (χ0) is 17.0. The van der Waals surface area contributed by atoms with Gasteiger partial charge in [0, 0.05) is 37.2 Å². The largest absolute Gasteiger partial charge is 0.363 e. The second-order valence-electron chi connectivity index (χ2n) is 5.29. The summed E-state index contributed by atoms with van der Waals surface area (Å²) in [4.78, 5) is 10.7. The molecule has 0 unspecified atom stereocenters. The highest BCUT2D eigenvalue weighted by Crippen LogP contribution is 2.19. The van der Waals surface area contributed by atoms with E-state index in [-0.39, 0.29) is 5.75 Å². The first-order valence-electron chi connectivity index (χ1n) is 7.19. The molecule has 1 heterocycles. The Bertz CT molecular complexity index is 773. The standard InChI is InChI=1S/C15H21N5O2S/c1-5-23(21,22)19-13-8-6-12(7-9-13)17-15-16-11(2)10-14(18-15)20(3)4/h6-10,19H,5H2,1-4H3,(H,16,17,18). The van der Waals surface area contributed by atoms with Crippen LogP contribution in [0.25, 0.3) is 0 Å². The summed E-state index contributed by atoms with van der Waals surface area (Å²) in [7, 11) is 0.568. The van der Waals surface area contributed by atoms with Gasteiger partial charge in [0.25, 0.3) is 0 Å². The van der Waals surface area contributed by atoms with Crippen LogP contribution in [0.3, 0.4) is 0 Å². The van der Waals surface area contributed by atoms with Crippen molar-refractivity contribution in [1.29, 1.82) is 0 Å². The van der Waals surface area contributed by atoms with Crippen LogP contribution in [0.2, 0.25) is 0 Å². The molecule has 0 aliphatic heterocycles. The number of aryl methyl sites for hydroxylation is 1. The van der Waals surface area contributed by atoms with E-state index in [1.165, 1.54) is 0 Å². The van der Waals surface area contributed by atoms with Crippen molar-refractivity contribution in [3.63, 3.8) is 0 Å². The molecule has 0 radical (unpaired) electrons. The number of nitrogens with one attached hydrogen (secondary N) is 2. The molecule has 23 heavy (non-hydrogen) atoms. The molecule has 2 aromatic rings. The number of hydrogen-bond acceptors (Lipinski definition) is 6. The van der Waals surface area contributed by atoms with Gasteiger partial charge in [0.1, 0.15) is 5.82 Å². The van der Waals surface area contributed by atoms with Crippen molar-refractivity contribution in [1.82, 2.24) is 9.97 Å². The second-order valence-corrected chi connectivity index (χ2v) is 7.30. The first-order valence-corrected chi connectivity index (χ1v) is 8.85. The normalized spacial score (nSPS) is 11.1. The number of nitrogens with zero attached hydrogens (tertiary/aromatic N) is 3. The zero-order valence-electron chi connectivity index (χ0n) is 13.7. The van der Waals surface area contributed by atoms with Crippen LogP contribution in [0.1, 0.15) is 12.6 Å². The zero-order valence-corrected chi connectivity index (χ0v) is 14.5. The first kappa shape index (κ1) is 17.0. The molecule has 0 fully saturated rings. The maximum absolute atomic E-state index is 11.5. The van der Waals surface area contributed by atoms with Crippen molar-refractivity contribution < 1.29 is 8.42 Å². The number of sulfonamides is 1. The predicted molar refractivity (Wildman–Crippen MR) is 93.9 cm³/mol. The predicted octanol–water partition coefficient (Wildman–Crippen LogP) is 2.36. The lowest BCUT2D eigenvalue weighted by Gasteiger charge is -2.14. The Balaban J connectivity index is 2.15. The van der Waals surface area contributed by atoms with Crippen LogP contribution in [0.4, 0.5) is 23.1 Å². The van der Waals surface area contributed by atoms with E-state index in [9.17, 15) is 8.42 Å². The topological polar surface area (TPSA) is 87.2 Å². The van der Waals surface area contributed by atoms with E-state index in [1.807, 2.05) is 32.0 Å². The SMILES string of the molecule is CCS(=O)(=O)Nc1ccc(Nc2nc(C)cc(N(C)C)n2)cc1. The molecule has 2 N–H and O–H groups in total. The molecule has 0 amide bonds. The molecular formula is C15H21N5O2S. The maximum Gasteiger partial charge on any atom is 0.232 e. The van der Waals surface area contributed by atoms with E-state index in [0.29, 0.717) is 11.6 Å². The smallest absolute Gasteiger partial charge is 0.232 e. The average Bonchev–Trinajstić information content (AvgIpc) is 2.48. The Labute approximate surface area is 136 Å². The van der Waals surface area contributed by atoms with Crippen LogP contribution < -0.4 is 14.9 Å². The van der Waals surface area contributed by atoms with Gasteiger partial charge in [-0.15, -0.1) is 0 Å². The molecule has 0 saturated heterocycles. The molecule has 0 saturated carbocycles. The van der Waals surface area contributed by atoms with Crippen molar-refractivity contribution >= 4 is 33.2 Å².